The smallest absolute Gasteiger partial charge is 0.306 e. The number of carbonyl (C=O) groups excluding carboxylic acids is 2. The monoisotopic (exact) mass is 969 g/mol. The molecule has 11 atom stereocenters. The van der Waals surface area contributed by atoms with Crippen molar-refractivity contribution in [3.63, 3.8) is 0 Å². The summed E-state index contributed by atoms with van der Waals surface area (Å²) in [5, 5.41) is 72.1. The molecule has 68 heavy (non-hydrogen) atoms. The minimum Gasteiger partial charge on any atom is -0.462 e. The van der Waals surface area contributed by atoms with E-state index in [1.165, 1.54) is 96.3 Å². The Labute approximate surface area is 408 Å². The number of esters is 2. The maximum atomic E-state index is 13.0. The molecule has 0 bridgehead atoms. The summed E-state index contributed by atoms with van der Waals surface area (Å²) in [6.45, 7) is 2.41. The van der Waals surface area contributed by atoms with Gasteiger partial charge in [-0.2, -0.15) is 0 Å². The molecule has 0 amide bonds. The molecule has 2 rings (SSSR count). The van der Waals surface area contributed by atoms with E-state index < -0.39 is 99.3 Å². The number of hydrogen-bond acceptors (Lipinski definition) is 15. The van der Waals surface area contributed by atoms with E-state index in [2.05, 4.69) is 26.0 Å². The third-order valence-corrected chi connectivity index (χ3v) is 12.4. The number of hydrogen-bond donors (Lipinski definition) is 7. The molecule has 2 aliphatic heterocycles. The molecule has 2 fully saturated rings. The molecule has 0 aromatic rings. The number of aliphatic hydroxyl groups excluding tert-OH is 7. The zero-order valence-electron chi connectivity index (χ0n) is 41.6. The van der Waals surface area contributed by atoms with Crippen molar-refractivity contribution in [2.24, 2.45) is 0 Å². The molecule has 0 saturated carbocycles. The van der Waals surface area contributed by atoms with E-state index >= 15 is 0 Å². The van der Waals surface area contributed by atoms with E-state index in [1.54, 1.807) is 0 Å². The van der Waals surface area contributed by atoms with Crippen LogP contribution in [0.5, 0.6) is 0 Å². The molecular formula is C53H92O15. The predicted molar refractivity (Wildman–Crippen MR) is 261 cm³/mol. The number of unbranched alkanes of at least 4 members (excludes halogenated alkanes) is 21. The lowest BCUT2D eigenvalue weighted by atomic mass is 9.98. The molecule has 0 aromatic heterocycles. The summed E-state index contributed by atoms with van der Waals surface area (Å²) >= 11 is 0. The van der Waals surface area contributed by atoms with E-state index in [9.17, 15) is 45.3 Å². The maximum Gasteiger partial charge on any atom is 0.306 e. The number of aliphatic hydroxyl groups is 7. The lowest BCUT2D eigenvalue weighted by Crippen LogP contribution is -2.61. The van der Waals surface area contributed by atoms with Gasteiger partial charge in [-0.1, -0.05) is 184 Å². The Kier molecular flexibility index (Phi) is 36.3. The highest BCUT2D eigenvalue weighted by Gasteiger charge is 2.47. The van der Waals surface area contributed by atoms with Crippen LogP contribution in [0.25, 0.3) is 0 Å². The highest BCUT2D eigenvalue weighted by molar-refractivity contribution is 5.70. The third-order valence-electron chi connectivity index (χ3n) is 12.4. The van der Waals surface area contributed by atoms with Crippen molar-refractivity contribution < 1.29 is 73.8 Å². The van der Waals surface area contributed by atoms with Crippen LogP contribution in [0.2, 0.25) is 0 Å². The van der Waals surface area contributed by atoms with Crippen molar-refractivity contribution in [1.82, 2.24) is 0 Å². The van der Waals surface area contributed by atoms with Crippen LogP contribution in [0.1, 0.15) is 181 Å². The van der Waals surface area contributed by atoms with Crippen molar-refractivity contribution in [2.45, 2.75) is 248 Å². The topological polar surface area (TPSA) is 231 Å². The van der Waals surface area contributed by atoms with Gasteiger partial charge in [0.2, 0.25) is 0 Å². The van der Waals surface area contributed by atoms with Crippen molar-refractivity contribution >= 4 is 11.9 Å². The van der Waals surface area contributed by atoms with E-state index in [1.807, 2.05) is 36.5 Å². The van der Waals surface area contributed by atoms with Gasteiger partial charge in [0.05, 0.1) is 19.8 Å². The predicted octanol–water partition coefficient (Wildman–Crippen LogP) is 7.49. The Bertz CT molecular complexity index is 1370. The van der Waals surface area contributed by atoms with Gasteiger partial charge in [-0.15, -0.1) is 0 Å². The standard InChI is InChI=1S/C53H92O15/c1-3-5-7-9-11-13-15-17-18-19-20-21-22-24-25-27-29-31-33-35-44(55)63-38-41(66-45(56)36-34-32-30-28-26-23-16-14-12-10-8-6-4-2)39-64-52-51(62)49(60)47(58)43(68-52)40-65-53-50(61)48(59)46(57)42(37-54)67-53/h6,8,10,12,14,16,23,26,41-43,46-54,57-62H,3-5,7,9,11,13,15,17-22,24-25,27-40H2,1-2H3/b8-6+,12-10+,16-14+,26-23+/t41?,42-,43-,46+,47+,48?,49?,50?,51?,52-,53-/m1/s1. The van der Waals surface area contributed by atoms with Gasteiger partial charge < -0.3 is 64.2 Å². The molecule has 15 nitrogen and oxygen atoms in total. The first kappa shape index (κ1) is 61.6. The second-order valence-corrected chi connectivity index (χ2v) is 18.4. The van der Waals surface area contributed by atoms with Gasteiger partial charge in [-0.3, -0.25) is 9.59 Å². The maximum absolute atomic E-state index is 13.0. The van der Waals surface area contributed by atoms with Crippen LogP contribution in [0.15, 0.2) is 48.6 Å². The summed E-state index contributed by atoms with van der Waals surface area (Å²) in [5.41, 5.74) is 0. The summed E-state index contributed by atoms with van der Waals surface area (Å²) in [6, 6.07) is 0. The van der Waals surface area contributed by atoms with Crippen LogP contribution in [-0.2, 0) is 38.0 Å². The highest BCUT2D eigenvalue weighted by Crippen LogP contribution is 2.26. The molecule has 7 N–H and O–H groups in total. The molecule has 2 saturated heterocycles. The largest absolute Gasteiger partial charge is 0.462 e. The average Bonchev–Trinajstić information content (AvgIpc) is 3.33. The Morgan fingerprint density at radius 3 is 1.46 bits per heavy atom. The van der Waals surface area contributed by atoms with Gasteiger partial charge in [0.25, 0.3) is 0 Å². The van der Waals surface area contributed by atoms with Crippen LogP contribution in [0, 0.1) is 0 Å². The molecular weight excluding hydrogens is 877 g/mol. The second kappa shape index (κ2) is 40.1. The lowest BCUT2D eigenvalue weighted by Gasteiger charge is -2.42. The van der Waals surface area contributed by atoms with Crippen molar-refractivity contribution in [1.29, 1.82) is 0 Å². The second-order valence-electron chi connectivity index (χ2n) is 18.4. The van der Waals surface area contributed by atoms with Gasteiger partial charge in [-0.25, -0.2) is 0 Å². The minimum absolute atomic E-state index is 0.119. The van der Waals surface area contributed by atoms with E-state index in [-0.39, 0.29) is 19.4 Å². The van der Waals surface area contributed by atoms with Crippen LogP contribution < -0.4 is 0 Å². The van der Waals surface area contributed by atoms with Gasteiger partial charge in [0.1, 0.15) is 55.4 Å². The molecule has 0 spiro atoms. The molecule has 2 heterocycles. The molecule has 0 radical (unpaired) electrons. The average molecular weight is 969 g/mol. The molecule has 0 aliphatic carbocycles. The fourth-order valence-corrected chi connectivity index (χ4v) is 8.11. The summed E-state index contributed by atoms with van der Waals surface area (Å²) in [6.07, 6.45) is 27.2. The molecule has 394 valence electrons. The third kappa shape index (κ3) is 27.7. The van der Waals surface area contributed by atoms with Crippen LogP contribution >= 0.6 is 0 Å². The van der Waals surface area contributed by atoms with E-state index in [0.29, 0.717) is 12.8 Å². The number of ether oxygens (including phenoxy) is 6. The SMILES string of the molecule is CC/C=C/C=C/C=C/C=C/CCCCCC(=O)OC(COC(=O)CCCCCCCCCCCCCCCCCCCCC)CO[C@@H]1O[C@H](CO[C@@H]2O[C@H](CO)[C@H](O)C(O)C2O)[C@H](O)C(O)C1O. The van der Waals surface area contributed by atoms with Crippen molar-refractivity contribution in [3.05, 3.63) is 48.6 Å². The van der Waals surface area contributed by atoms with E-state index in [0.717, 1.165) is 44.9 Å². The molecule has 5 unspecified atom stereocenters. The van der Waals surface area contributed by atoms with Crippen LogP contribution in [0.4, 0.5) is 0 Å². The van der Waals surface area contributed by atoms with Gasteiger partial charge >= 0.3 is 11.9 Å². The number of allylic oxidation sites excluding steroid dienone is 8. The number of carbonyl (C=O) groups is 2. The summed E-state index contributed by atoms with van der Waals surface area (Å²) in [7, 11) is 0. The van der Waals surface area contributed by atoms with Gasteiger partial charge in [-0.05, 0) is 32.1 Å². The van der Waals surface area contributed by atoms with E-state index in [4.69, 9.17) is 28.4 Å². The first-order valence-corrected chi connectivity index (χ1v) is 26.3. The fraction of sp³-hybridized carbons (Fsp3) is 0.811. The zero-order valence-corrected chi connectivity index (χ0v) is 41.6. The van der Waals surface area contributed by atoms with Crippen LogP contribution in [0.3, 0.4) is 0 Å². The molecule has 15 heteroatoms. The molecule has 2 aliphatic rings. The lowest BCUT2D eigenvalue weighted by molar-refractivity contribution is -0.332. The Hall–Kier alpha value is -2.54. The summed E-state index contributed by atoms with van der Waals surface area (Å²) in [4.78, 5) is 25.7. The first-order valence-electron chi connectivity index (χ1n) is 26.3. The van der Waals surface area contributed by atoms with Crippen LogP contribution in [-0.4, -0.2) is 142 Å². The normalized spacial score (nSPS) is 26.1. The van der Waals surface area contributed by atoms with Crippen molar-refractivity contribution in [2.75, 3.05) is 26.4 Å². The minimum atomic E-state index is -1.77. The Morgan fingerprint density at radius 1 is 0.485 bits per heavy atom. The van der Waals surface area contributed by atoms with Crippen molar-refractivity contribution in [3.8, 4) is 0 Å². The molecule has 0 aromatic carbocycles. The van der Waals surface area contributed by atoms with Gasteiger partial charge in [0.15, 0.2) is 18.7 Å². The first-order chi connectivity index (χ1) is 33.0. The summed E-state index contributed by atoms with van der Waals surface area (Å²) in [5.74, 6) is -0.967. The number of rotatable bonds is 40. The Balaban J connectivity index is 1.79. The quantitative estimate of drug-likeness (QED) is 0.0179. The fourth-order valence-electron chi connectivity index (χ4n) is 8.11. The van der Waals surface area contributed by atoms with Gasteiger partial charge in [0, 0.05) is 12.8 Å². The summed E-state index contributed by atoms with van der Waals surface area (Å²) < 4.78 is 33.5. The zero-order chi connectivity index (χ0) is 49.6. The highest BCUT2D eigenvalue weighted by atomic mass is 16.7. The Morgan fingerprint density at radius 2 is 0.926 bits per heavy atom.